The average Bonchev–Trinajstić information content (AvgIpc) is 3.33. The second-order valence-corrected chi connectivity index (χ2v) is 7.87. The Bertz CT molecular complexity index is 923. The van der Waals surface area contributed by atoms with Gasteiger partial charge in [0.05, 0.1) is 0 Å². The Balaban J connectivity index is 1.61. The number of carbonyl (C=O) groups is 1. The van der Waals surface area contributed by atoms with Crippen LogP contribution in [0.5, 0.6) is 0 Å². The lowest BCUT2D eigenvalue weighted by atomic mass is 9.83. The minimum Gasteiger partial charge on any atom is -0.299 e. The predicted octanol–water partition coefficient (Wildman–Crippen LogP) is 6.03. The number of benzene rings is 2. The van der Waals surface area contributed by atoms with Gasteiger partial charge in [-0.1, -0.05) is 84.0 Å². The van der Waals surface area contributed by atoms with Gasteiger partial charge < -0.3 is 0 Å². The van der Waals surface area contributed by atoms with E-state index in [-0.39, 0.29) is 11.8 Å². The van der Waals surface area contributed by atoms with Crippen LogP contribution in [0.1, 0.15) is 41.0 Å². The molecule has 2 atom stereocenters. The lowest BCUT2D eigenvalue weighted by molar-refractivity contribution is -0.121. The third-order valence-corrected chi connectivity index (χ3v) is 5.77. The van der Waals surface area contributed by atoms with E-state index in [4.69, 9.17) is 0 Å². The maximum atomic E-state index is 13.2. The van der Waals surface area contributed by atoms with Gasteiger partial charge in [0, 0.05) is 18.3 Å². The van der Waals surface area contributed by atoms with Gasteiger partial charge in [0.1, 0.15) is 5.78 Å². The third kappa shape index (κ3) is 3.88. The highest BCUT2D eigenvalue weighted by Crippen LogP contribution is 2.43. The largest absolute Gasteiger partial charge is 0.299 e. The first kappa shape index (κ1) is 17.7. The van der Waals surface area contributed by atoms with Gasteiger partial charge in [-0.05, 0) is 49.0 Å². The zero-order chi connectivity index (χ0) is 18.8. The first-order valence-corrected chi connectivity index (χ1v) is 9.83. The van der Waals surface area contributed by atoms with Crippen molar-refractivity contribution in [1.82, 2.24) is 0 Å². The Morgan fingerprint density at radius 3 is 2.26 bits per heavy atom. The van der Waals surface area contributed by atoms with Crippen LogP contribution in [0.15, 0.2) is 84.0 Å². The number of hydrogen-bond acceptors (Lipinski definition) is 1. The fraction of sp³-hybridized carbons (Fsp3) is 0.269. The molecule has 2 aromatic rings. The zero-order valence-corrected chi connectivity index (χ0v) is 16.1. The van der Waals surface area contributed by atoms with Gasteiger partial charge >= 0.3 is 0 Å². The number of carbonyl (C=O) groups excluding carboxylic acids is 1. The van der Waals surface area contributed by atoms with E-state index in [1.165, 1.54) is 27.8 Å². The summed E-state index contributed by atoms with van der Waals surface area (Å²) in [4.78, 5) is 13.2. The summed E-state index contributed by atoms with van der Waals surface area (Å²) < 4.78 is 0. The smallest absolute Gasteiger partial charge is 0.144 e. The topological polar surface area (TPSA) is 17.1 Å². The van der Waals surface area contributed by atoms with Gasteiger partial charge in [-0.25, -0.2) is 0 Å². The average molecular weight is 354 g/mol. The van der Waals surface area contributed by atoms with Crippen molar-refractivity contribution in [2.24, 2.45) is 5.92 Å². The molecule has 4 rings (SSSR count). The second-order valence-electron chi connectivity index (χ2n) is 7.87. The van der Waals surface area contributed by atoms with Gasteiger partial charge in [-0.3, -0.25) is 4.79 Å². The number of ketones is 1. The molecule has 0 N–H and O–H groups in total. The van der Waals surface area contributed by atoms with Crippen LogP contribution in [-0.2, 0) is 11.2 Å². The molecule has 0 radical (unpaired) electrons. The molecule has 0 fully saturated rings. The summed E-state index contributed by atoms with van der Waals surface area (Å²) in [7, 11) is 0. The first-order chi connectivity index (χ1) is 13.1. The Hall–Kier alpha value is -2.67. The molecule has 2 aromatic carbocycles. The molecule has 2 aliphatic rings. The number of allylic oxidation sites excluding steroid dienone is 6. The molecule has 1 heteroatoms. The lowest BCUT2D eigenvalue weighted by Crippen LogP contribution is -2.19. The van der Waals surface area contributed by atoms with E-state index in [9.17, 15) is 4.79 Å². The fourth-order valence-electron chi connectivity index (χ4n) is 4.16. The Labute approximate surface area is 162 Å². The second kappa shape index (κ2) is 7.52. The van der Waals surface area contributed by atoms with Gasteiger partial charge in [0.2, 0.25) is 0 Å². The van der Waals surface area contributed by atoms with Crippen molar-refractivity contribution in [3.8, 4) is 0 Å². The van der Waals surface area contributed by atoms with Gasteiger partial charge in [-0.2, -0.15) is 0 Å². The quantitative estimate of drug-likeness (QED) is 0.640. The van der Waals surface area contributed by atoms with E-state index in [0.717, 1.165) is 18.4 Å². The van der Waals surface area contributed by atoms with E-state index in [1.54, 1.807) is 0 Å². The summed E-state index contributed by atoms with van der Waals surface area (Å²) in [5.74, 6) is 0.523. The van der Waals surface area contributed by atoms with Crippen LogP contribution in [0.4, 0.5) is 0 Å². The lowest BCUT2D eigenvalue weighted by Gasteiger charge is -2.19. The molecule has 0 saturated carbocycles. The number of rotatable bonds is 5. The van der Waals surface area contributed by atoms with Crippen molar-refractivity contribution < 1.29 is 4.79 Å². The SMILES string of the molecule is Cc1ccc(CC(=O)C2C=C(C3=CCC=C3)CC2c2ccc(C)cc2)cc1. The van der Waals surface area contributed by atoms with Crippen molar-refractivity contribution in [2.45, 2.75) is 39.0 Å². The van der Waals surface area contributed by atoms with Crippen LogP contribution in [0.25, 0.3) is 0 Å². The molecule has 0 aliphatic heterocycles. The van der Waals surface area contributed by atoms with E-state index >= 15 is 0 Å². The van der Waals surface area contributed by atoms with Crippen molar-refractivity contribution in [3.63, 3.8) is 0 Å². The summed E-state index contributed by atoms with van der Waals surface area (Å²) in [5.41, 5.74) is 7.50. The summed E-state index contributed by atoms with van der Waals surface area (Å²) in [6.45, 7) is 4.18. The minimum absolute atomic E-state index is 0.0427. The Kier molecular flexibility index (Phi) is 4.94. The van der Waals surface area contributed by atoms with Crippen LogP contribution in [0.3, 0.4) is 0 Å². The van der Waals surface area contributed by atoms with E-state index < -0.39 is 0 Å². The molecular weight excluding hydrogens is 328 g/mol. The summed E-state index contributed by atoms with van der Waals surface area (Å²) >= 11 is 0. The Morgan fingerprint density at radius 2 is 1.63 bits per heavy atom. The maximum absolute atomic E-state index is 13.2. The molecule has 27 heavy (non-hydrogen) atoms. The fourth-order valence-corrected chi connectivity index (χ4v) is 4.16. The molecule has 0 bridgehead atoms. The summed E-state index contributed by atoms with van der Waals surface area (Å²) in [5, 5.41) is 0. The molecule has 2 unspecified atom stereocenters. The van der Waals surface area contributed by atoms with Crippen molar-refractivity contribution in [2.75, 3.05) is 0 Å². The highest BCUT2D eigenvalue weighted by molar-refractivity contribution is 5.87. The molecule has 136 valence electrons. The van der Waals surface area contributed by atoms with Crippen LogP contribution < -0.4 is 0 Å². The van der Waals surface area contributed by atoms with E-state index in [0.29, 0.717) is 12.2 Å². The van der Waals surface area contributed by atoms with Crippen LogP contribution in [0.2, 0.25) is 0 Å². The monoisotopic (exact) mass is 354 g/mol. The van der Waals surface area contributed by atoms with Crippen LogP contribution in [-0.4, -0.2) is 5.78 Å². The molecule has 1 nitrogen and oxygen atoms in total. The zero-order valence-electron chi connectivity index (χ0n) is 16.1. The molecular formula is C26H26O. The molecule has 2 aliphatic carbocycles. The molecule has 0 saturated heterocycles. The number of hydrogen-bond donors (Lipinski definition) is 0. The van der Waals surface area contributed by atoms with Crippen LogP contribution in [0, 0.1) is 19.8 Å². The van der Waals surface area contributed by atoms with E-state index in [2.05, 4.69) is 86.7 Å². The predicted molar refractivity (Wildman–Crippen MR) is 112 cm³/mol. The number of aryl methyl sites for hydroxylation is 2. The van der Waals surface area contributed by atoms with Crippen molar-refractivity contribution in [3.05, 3.63) is 106 Å². The molecule has 0 aromatic heterocycles. The summed E-state index contributed by atoms with van der Waals surface area (Å²) in [6.07, 6.45) is 11.4. The molecule has 0 amide bonds. The third-order valence-electron chi connectivity index (χ3n) is 5.77. The molecule has 0 heterocycles. The van der Waals surface area contributed by atoms with Crippen molar-refractivity contribution >= 4 is 5.78 Å². The maximum Gasteiger partial charge on any atom is 0.144 e. The normalized spacial score (nSPS) is 21.3. The van der Waals surface area contributed by atoms with Crippen LogP contribution >= 0.6 is 0 Å². The standard InChI is InChI=1S/C26H26O/c1-18-7-11-20(12-8-18)15-26(27)25-17-23(21-5-3-4-6-21)16-24(25)22-13-9-19(2)10-14-22/h3,5-14,17,24-25H,4,15-16H2,1-2H3. The minimum atomic E-state index is -0.0427. The van der Waals surface area contributed by atoms with Gasteiger partial charge in [0.25, 0.3) is 0 Å². The summed E-state index contributed by atoms with van der Waals surface area (Å²) in [6, 6.07) is 17.0. The highest BCUT2D eigenvalue weighted by Gasteiger charge is 2.34. The Morgan fingerprint density at radius 1 is 0.963 bits per heavy atom. The van der Waals surface area contributed by atoms with E-state index in [1.807, 2.05) is 0 Å². The molecule has 0 spiro atoms. The van der Waals surface area contributed by atoms with Gasteiger partial charge in [-0.15, -0.1) is 0 Å². The number of Topliss-reactive ketones (excluding diaryl/α,β-unsaturated/α-hetero) is 1. The van der Waals surface area contributed by atoms with Gasteiger partial charge in [0.15, 0.2) is 0 Å². The first-order valence-electron chi connectivity index (χ1n) is 9.83. The van der Waals surface area contributed by atoms with Crippen molar-refractivity contribution in [1.29, 1.82) is 0 Å². The highest BCUT2D eigenvalue weighted by atomic mass is 16.1.